The standard InChI is InChI=1S/C15H32N4O3.HI/c1-6-16-13(18-11-12-21-7-2)17-9-8-10-19-14(20)22-15(3,4)5;/h6-12H2,1-5H3,(H,19,20)(H2,16,17,18);1H. The van der Waals surface area contributed by atoms with Gasteiger partial charge in [0.25, 0.3) is 0 Å². The number of carbonyl (C=O) groups is 1. The normalized spacial score (nSPS) is 11.4. The third kappa shape index (κ3) is 17.4. The average Bonchev–Trinajstić information content (AvgIpc) is 2.41. The molecule has 23 heavy (non-hydrogen) atoms. The van der Waals surface area contributed by atoms with Crippen LogP contribution in [0.1, 0.15) is 41.0 Å². The molecule has 0 aliphatic heterocycles. The number of guanidine groups is 1. The van der Waals surface area contributed by atoms with Gasteiger partial charge in [0.2, 0.25) is 0 Å². The van der Waals surface area contributed by atoms with Crippen LogP contribution in [0, 0.1) is 0 Å². The van der Waals surface area contributed by atoms with Gasteiger partial charge in [-0.1, -0.05) is 0 Å². The zero-order valence-corrected chi connectivity index (χ0v) is 17.4. The Balaban J connectivity index is 0. The van der Waals surface area contributed by atoms with E-state index in [0.29, 0.717) is 26.3 Å². The molecule has 0 aromatic carbocycles. The van der Waals surface area contributed by atoms with Crippen molar-refractivity contribution in [1.29, 1.82) is 0 Å². The second-order valence-corrected chi connectivity index (χ2v) is 5.67. The largest absolute Gasteiger partial charge is 0.444 e. The molecule has 1 amide bonds. The topological polar surface area (TPSA) is 84.0 Å². The van der Waals surface area contributed by atoms with Crippen molar-refractivity contribution in [1.82, 2.24) is 16.0 Å². The summed E-state index contributed by atoms with van der Waals surface area (Å²) in [5.41, 5.74) is -0.467. The van der Waals surface area contributed by atoms with Crippen molar-refractivity contribution >= 4 is 36.0 Å². The number of alkyl carbamates (subject to hydrolysis) is 1. The first-order valence-electron chi connectivity index (χ1n) is 7.95. The third-order valence-electron chi connectivity index (χ3n) is 2.36. The Labute approximate surface area is 157 Å². The number of aliphatic imine (C=N–C) groups is 1. The Morgan fingerprint density at radius 3 is 2.35 bits per heavy atom. The number of hydrogen-bond acceptors (Lipinski definition) is 4. The first-order valence-corrected chi connectivity index (χ1v) is 7.95. The van der Waals surface area contributed by atoms with Crippen molar-refractivity contribution in [2.24, 2.45) is 4.99 Å². The Morgan fingerprint density at radius 2 is 1.78 bits per heavy atom. The van der Waals surface area contributed by atoms with E-state index in [4.69, 9.17) is 9.47 Å². The summed E-state index contributed by atoms with van der Waals surface area (Å²) < 4.78 is 10.4. The molecular weight excluding hydrogens is 411 g/mol. The summed E-state index contributed by atoms with van der Waals surface area (Å²) in [5.74, 6) is 0.763. The van der Waals surface area contributed by atoms with E-state index in [1.807, 2.05) is 34.6 Å². The molecule has 0 rings (SSSR count). The van der Waals surface area contributed by atoms with Gasteiger partial charge in [0.05, 0.1) is 6.61 Å². The number of amides is 1. The maximum absolute atomic E-state index is 11.5. The number of rotatable bonds is 9. The minimum absolute atomic E-state index is 0. The van der Waals surface area contributed by atoms with Gasteiger partial charge in [0.15, 0.2) is 5.96 Å². The zero-order valence-electron chi connectivity index (χ0n) is 15.0. The van der Waals surface area contributed by atoms with Crippen molar-refractivity contribution in [2.45, 2.75) is 46.6 Å². The summed E-state index contributed by atoms with van der Waals surface area (Å²) in [6, 6.07) is 0. The van der Waals surface area contributed by atoms with E-state index in [9.17, 15) is 4.79 Å². The predicted molar refractivity (Wildman–Crippen MR) is 105 cm³/mol. The quantitative estimate of drug-likeness (QED) is 0.220. The molecule has 0 aromatic heterocycles. The van der Waals surface area contributed by atoms with E-state index in [1.54, 1.807) is 0 Å². The third-order valence-corrected chi connectivity index (χ3v) is 2.36. The summed E-state index contributed by atoms with van der Waals surface area (Å²) in [7, 11) is 0. The lowest BCUT2D eigenvalue weighted by atomic mass is 10.2. The van der Waals surface area contributed by atoms with Gasteiger partial charge in [0.1, 0.15) is 5.60 Å². The van der Waals surface area contributed by atoms with Crippen molar-refractivity contribution in [3.63, 3.8) is 0 Å². The number of nitrogens with one attached hydrogen (secondary N) is 3. The first-order chi connectivity index (χ1) is 10.4. The van der Waals surface area contributed by atoms with Crippen LogP contribution >= 0.6 is 24.0 Å². The Hall–Kier alpha value is -0.770. The van der Waals surface area contributed by atoms with Crippen LogP contribution in [0.4, 0.5) is 4.79 Å². The molecule has 0 unspecified atom stereocenters. The highest BCUT2D eigenvalue weighted by atomic mass is 127. The van der Waals surface area contributed by atoms with Crippen molar-refractivity contribution in [3.8, 4) is 0 Å². The number of halogens is 1. The maximum atomic E-state index is 11.5. The van der Waals surface area contributed by atoms with Gasteiger partial charge >= 0.3 is 6.09 Å². The fourth-order valence-corrected chi connectivity index (χ4v) is 1.50. The summed E-state index contributed by atoms with van der Waals surface area (Å²) >= 11 is 0. The molecule has 0 radical (unpaired) electrons. The van der Waals surface area contributed by atoms with E-state index in [1.165, 1.54) is 0 Å². The lowest BCUT2D eigenvalue weighted by molar-refractivity contribution is 0.0527. The zero-order chi connectivity index (χ0) is 16.8. The Morgan fingerprint density at radius 1 is 1.09 bits per heavy atom. The van der Waals surface area contributed by atoms with E-state index < -0.39 is 11.7 Å². The van der Waals surface area contributed by atoms with Crippen LogP contribution in [0.5, 0.6) is 0 Å². The van der Waals surface area contributed by atoms with E-state index in [2.05, 4.69) is 20.9 Å². The molecule has 0 bridgehead atoms. The van der Waals surface area contributed by atoms with Crippen molar-refractivity contribution in [3.05, 3.63) is 0 Å². The fraction of sp³-hybridized carbons (Fsp3) is 0.867. The number of ether oxygens (including phenoxy) is 2. The van der Waals surface area contributed by atoms with Gasteiger partial charge in [-0.05, 0) is 41.0 Å². The van der Waals surface area contributed by atoms with Crippen molar-refractivity contribution in [2.75, 3.05) is 39.4 Å². The molecule has 0 heterocycles. The SMILES string of the molecule is CCNC(=NCCCNC(=O)OC(C)(C)C)NCCOCC.I. The van der Waals surface area contributed by atoms with E-state index in [0.717, 1.165) is 25.5 Å². The molecular formula is C15H33IN4O3. The lowest BCUT2D eigenvalue weighted by Crippen LogP contribution is -2.39. The highest BCUT2D eigenvalue weighted by molar-refractivity contribution is 14.0. The predicted octanol–water partition coefficient (Wildman–Crippen LogP) is 2.11. The molecule has 0 saturated heterocycles. The van der Waals surface area contributed by atoms with Crippen LogP contribution in [-0.2, 0) is 9.47 Å². The molecule has 0 atom stereocenters. The molecule has 0 fully saturated rings. The highest BCUT2D eigenvalue weighted by Crippen LogP contribution is 2.06. The second-order valence-electron chi connectivity index (χ2n) is 5.67. The Kier molecular flexibility index (Phi) is 15.8. The maximum Gasteiger partial charge on any atom is 0.407 e. The summed E-state index contributed by atoms with van der Waals surface area (Å²) in [6.07, 6.45) is 0.361. The number of hydrogen-bond donors (Lipinski definition) is 3. The lowest BCUT2D eigenvalue weighted by Gasteiger charge is -2.19. The van der Waals surface area contributed by atoms with Crippen LogP contribution in [-0.4, -0.2) is 57.0 Å². The molecule has 0 spiro atoms. The second kappa shape index (κ2) is 14.8. The molecule has 0 saturated carbocycles. The molecule has 7 nitrogen and oxygen atoms in total. The number of nitrogens with zero attached hydrogens (tertiary/aromatic N) is 1. The Bertz CT molecular complexity index is 333. The molecule has 0 aliphatic carbocycles. The molecule has 138 valence electrons. The molecule has 0 aliphatic rings. The van der Waals surface area contributed by atoms with Gasteiger partial charge in [-0.2, -0.15) is 0 Å². The molecule has 8 heteroatoms. The summed E-state index contributed by atoms with van der Waals surface area (Å²) in [4.78, 5) is 15.9. The monoisotopic (exact) mass is 444 g/mol. The minimum atomic E-state index is -0.467. The molecule has 3 N–H and O–H groups in total. The van der Waals surface area contributed by atoms with E-state index in [-0.39, 0.29) is 24.0 Å². The van der Waals surface area contributed by atoms with Gasteiger partial charge in [-0.3, -0.25) is 4.99 Å². The first kappa shape index (κ1) is 24.5. The van der Waals surface area contributed by atoms with Crippen LogP contribution in [0.2, 0.25) is 0 Å². The smallest absolute Gasteiger partial charge is 0.407 e. The van der Waals surface area contributed by atoms with E-state index >= 15 is 0 Å². The minimum Gasteiger partial charge on any atom is -0.444 e. The van der Waals surface area contributed by atoms with Crippen LogP contribution in [0.3, 0.4) is 0 Å². The number of carbonyl (C=O) groups excluding carboxylic acids is 1. The van der Waals surface area contributed by atoms with Crippen LogP contribution in [0.15, 0.2) is 4.99 Å². The van der Waals surface area contributed by atoms with Crippen LogP contribution < -0.4 is 16.0 Å². The molecule has 0 aromatic rings. The summed E-state index contributed by atoms with van der Waals surface area (Å²) in [5, 5.41) is 9.06. The van der Waals surface area contributed by atoms with Crippen molar-refractivity contribution < 1.29 is 14.3 Å². The fourth-order valence-electron chi connectivity index (χ4n) is 1.50. The highest BCUT2D eigenvalue weighted by Gasteiger charge is 2.15. The van der Waals surface area contributed by atoms with Gasteiger partial charge < -0.3 is 25.4 Å². The van der Waals surface area contributed by atoms with Crippen LogP contribution in [0.25, 0.3) is 0 Å². The summed E-state index contributed by atoms with van der Waals surface area (Å²) in [6.45, 7) is 13.6. The van der Waals surface area contributed by atoms with Gasteiger partial charge in [0, 0.05) is 32.8 Å². The van der Waals surface area contributed by atoms with Gasteiger partial charge in [-0.15, -0.1) is 24.0 Å². The van der Waals surface area contributed by atoms with Gasteiger partial charge in [-0.25, -0.2) is 4.79 Å². The average molecular weight is 444 g/mol.